The molecule has 2 aliphatic rings. The van der Waals surface area contributed by atoms with Gasteiger partial charge in [0, 0.05) is 54.4 Å². The van der Waals surface area contributed by atoms with Gasteiger partial charge in [-0.05, 0) is 72.7 Å². The first-order chi connectivity index (χ1) is 16.5. The van der Waals surface area contributed by atoms with E-state index in [1.54, 1.807) is 0 Å². The minimum absolute atomic E-state index is 0.0753. The molecule has 1 aromatic heterocycles. The van der Waals surface area contributed by atoms with E-state index in [9.17, 15) is 18.4 Å². The smallest absolute Gasteiger partial charge is 0.256 e. The highest BCUT2D eigenvalue weighted by molar-refractivity contribution is 7.10. The first-order valence-electron chi connectivity index (χ1n) is 11.4. The van der Waals surface area contributed by atoms with Crippen LogP contribution >= 0.6 is 11.3 Å². The molecule has 0 atom stereocenters. The first kappa shape index (κ1) is 22.5. The molecule has 0 bridgehead atoms. The van der Waals surface area contributed by atoms with Gasteiger partial charge in [0.25, 0.3) is 5.91 Å². The van der Waals surface area contributed by atoms with Gasteiger partial charge in [-0.3, -0.25) is 9.59 Å². The lowest BCUT2D eigenvalue weighted by Crippen LogP contribution is -2.41. The number of benzene rings is 2. The summed E-state index contributed by atoms with van der Waals surface area (Å²) >= 11 is 1.82. The molecule has 0 aliphatic carbocycles. The fraction of sp³-hybridized carbons (Fsp3) is 0.308. The van der Waals surface area contributed by atoms with Gasteiger partial charge in [-0.25, -0.2) is 8.78 Å². The number of hydrogen-bond acceptors (Lipinski definition) is 4. The Balaban J connectivity index is 1.14. The fourth-order valence-corrected chi connectivity index (χ4v) is 5.54. The summed E-state index contributed by atoms with van der Waals surface area (Å²) < 4.78 is 27.1. The second-order valence-corrected chi connectivity index (χ2v) is 9.77. The number of halogens is 2. The van der Waals surface area contributed by atoms with Crippen LogP contribution in [0.15, 0.2) is 53.9 Å². The predicted molar refractivity (Wildman–Crippen MR) is 129 cm³/mol. The summed E-state index contributed by atoms with van der Waals surface area (Å²) in [6.45, 7) is 2.60. The van der Waals surface area contributed by atoms with E-state index in [2.05, 4.69) is 21.7 Å². The maximum atomic E-state index is 13.9. The quantitative estimate of drug-likeness (QED) is 0.566. The third-order valence-electron chi connectivity index (χ3n) is 6.62. The minimum Gasteiger partial charge on any atom is -0.367 e. The SMILES string of the molecule is O=C(Nc1ccc(N2CCc3sccc3C2)cc1)C1CCN(C(=O)c2ccc(F)cc2F)CC1. The molecular formula is C26H25F2N3O2S. The molecule has 0 spiro atoms. The molecule has 0 radical (unpaired) electrons. The number of likely N-dealkylation sites (tertiary alicyclic amines) is 1. The third-order valence-corrected chi connectivity index (χ3v) is 7.65. The van der Waals surface area contributed by atoms with Crippen LogP contribution < -0.4 is 10.2 Å². The first-order valence-corrected chi connectivity index (χ1v) is 12.3. The molecular weight excluding hydrogens is 456 g/mol. The van der Waals surface area contributed by atoms with Gasteiger partial charge >= 0.3 is 0 Å². The number of hydrogen-bond donors (Lipinski definition) is 1. The Morgan fingerprint density at radius 2 is 1.74 bits per heavy atom. The lowest BCUT2D eigenvalue weighted by Gasteiger charge is -2.31. The molecule has 34 heavy (non-hydrogen) atoms. The van der Waals surface area contributed by atoms with Gasteiger partial charge in [0.1, 0.15) is 11.6 Å². The average molecular weight is 482 g/mol. The topological polar surface area (TPSA) is 52.7 Å². The van der Waals surface area contributed by atoms with Crippen LogP contribution in [-0.4, -0.2) is 36.3 Å². The third kappa shape index (κ3) is 4.68. The average Bonchev–Trinajstić information content (AvgIpc) is 3.32. The van der Waals surface area contributed by atoms with Crippen LogP contribution in [0.1, 0.15) is 33.6 Å². The van der Waals surface area contributed by atoms with E-state index in [0.29, 0.717) is 32.0 Å². The summed E-state index contributed by atoms with van der Waals surface area (Å²) in [7, 11) is 0. The molecule has 3 aromatic rings. The highest BCUT2D eigenvalue weighted by atomic mass is 32.1. The van der Waals surface area contributed by atoms with Gasteiger partial charge in [0.15, 0.2) is 0 Å². The maximum Gasteiger partial charge on any atom is 0.256 e. The molecule has 3 heterocycles. The summed E-state index contributed by atoms with van der Waals surface area (Å²) in [5.41, 5.74) is 3.12. The summed E-state index contributed by atoms with van der Waals surface area (Å²) in [6.07, 6.45) is 2.05. The zero-order chi connectivity index (χ0) is 23.7. The molecule has 1 fully saturated rings. The second-order valence-electron chi connectivity index (χ2n) is 8.77. The van der Waals surface area contributed by atoms with E-state index in [1.165, 1.54) is 21.4 Å². The van der Waals surface area contributed by atoms with Crippen molar-refractivity contribution in [2.24, 2.45) is 5.92 Å². The zero-order valence-electron chi connectivity index (χ0n) is 18.6. The van der Waals surface area contributed by atoms with Crippen molar-refractivity contribution >= 4 is 34.5 Å². The lowest BCUT2D eigenvalue weighted by atomic mass is 9.95. The number of carbonyl (C=O) groups excluding carboxylic acids is 2. The van der Waals surface area contributed by atoms with Crippen molar-refractivity contribution in [2.75, 3.05) is 29.9 Å². The van der Waals surface area contributed by atoms with Crippen molar-refractivity contribution in [2.45, 2.75) is 25.8 Å². The van der Waals surface area contributed by atoms with Crippen LogP contribution in [0, 0.1) is 17.6 Å². The second kappa shape index (κ2) is 9.54. The molecule has 0 saturated carbocycles. The molecule has 2 aromatic carbocycles. The van der Waals surface area contributed by atoms with Crippen LogP contribution in [-0.2, 0) is 17.8 Å². The number of carbonyl (C=O) groups is 2. The van der Waals surface area contributed by atoms with E-state index in [-0.39, 0.29) is 17.4 Å². The van der Waals surface area contributed by atoms with E-state index in [1.807, 2.05) is 35.6 Å². The maximum absolute atomic E-state index is 13.9. The molecule has 0 unspecified atom stereocenters. The van der Waals surface area contributed by atoms with E-state index in [0.717, 1.165) is 37.0 Å². The Bertz CT molecular complexity index is 1200. The molecule has 2 amide bonds. The highest BCUT2D eigenvalue weighted by Crippen LogP contribution is 2.29. The van der Waals surface area contributed by atoms with Crippen LogP contribution in [0.2, 0.25) is 0 Å². The van der Waals surface area contributed by atoms with Crippen LogP contribution in [0.25, 0.3) is 0 Å². The highest BCUT2D eigenvalue weighted by Gasteiger charge is 2.29. The molecule has 176 valence electrons. The number of nitrogens with one attached hydrogen (secondary N) is 1. The number of thiophene rings is 1. The number of fused-ring (bicyclic) bond motifs is 1. The van der Waals surface area contributed by atoms with E-state index >= 15 is 0 Å². The van der Waals surface area contributed by atoms with Crippen LogP contribution in [0.3, 0.4) is 0 Å². The summed E-state index contributed by atoms with van der Waals surface area (Å²) in [5, 5.41) is 5.13. The molecule has 5 rings (SSSR count). The summed E-state index contributed by atoms with van der Waals surface area (Å²) in [4.78, 5) is 30.7. The number of rotatable bonds is 4. The Morgan fingerprint density at radius 1 is 0.971 bits per heavy atom. The zero-order valence-corrected chi connectivity index (χ0v) is 19.4. The Kier molecular flexibility index (Phi) is 6.32. The molecule has 1 saturated heterocycles. The van der Waals surface area contributed by atoms with Crippen molar-refractivity contribution in [3.05, 3.63) is 81.5 Å². The van der Waals surface area contributed by atoms with Gasteiger partial charge in [-0.15, -0.1) is 11.3 Å². The van der Waals surface area contributed by atoms with Crippen molar-refractivity contribution in [1.82, 2.24) is 4.90 Å². The Morgan fingerprint density at radius 3 is 2.47 bits per heavy atom. The number of piperidine rings is 1. The Labute approximate surface area is 201 Å². The number of amides is 2. The van der Waals surface area contributed by atoms with Gasteiger partial charge < -0.3 is 15.1 Å². The summed E-state index contributed by atoms with van der Waals surface area (Å²) in [6, 6.07) is 13.1. The largest absolute Gasteiger partial charge is 0.367 e. The van der Waals surface area contributed by atoms with E-state index in [4.69, 9.17) is 0 Å². The van der Waals surface area contributed by atoms with Gasteiger partial charge in [-0.1, -0.05) is 0 Å². The van der Waals surface area contributed by atoms with Crippen molar-refractivity contribution in [3.63, 3.8) is 0 Å². The van der Waals surface area contributed by atoms with E-state index < -0.39 is 17.5 Å². The van der Waals surface area contributed by atoms with Gasteiger partial charge in [0.05, 0.1) is 5.56 Å². The molecule has 5 nitrogen and oxygen atoms in total. The molecule has 2 aliphatic heterocycles. The standard InChI is InChI=1S/C26H25F2N3O2S/c27-19-1-6-22(23(28)15-19)26(33)30-11-7-17(8-12-30)25(32)29-20-2-4-21(5-3-20)31-13-9-24-18(16-31)10-14-34-24/h1-6,10,14-15,17H,7-9,11-13,16H2,(H,29,32). The number of nitrogens with zero attached hydrogens (tertiary/aromatic N) is 2. The molecule has 8 heteroatoms. The normalized spacial score (nSPS) is 16.3. The fourth-order valence-electron chi connectivity index (χ4n) is 4.65. The number of anilines is 2. The Hall–Kier alpha value is -3.26. The van der Waals surface area contributed by atoms with Crippen molar-refractivity contribution < 1.29 is 18.4 Å². The van der Waals surface area contributed by atoms with Gasteiger partial charge in [0.2, 0.25) is 5.91 Å². The lowest BCUT2D eigenvalue weighted by molar-refractivity contribution is -0.121. The monoisotopic (exact) mass is 481 g/mol. The van der Waals surface area contributed by atoms with Crippen molar-refractivity contribution in [1.29, 1.82) is 0 Å². The van der Waals surface area contributed by atoms with Gasteiger partial charge in [-0.2, -0.15) is 0 Å². The van der Waals surface area contributed by atoms with Crippen LogP contribution in [0.4, 0.5) is 20.2 Å². The molecule has 1 N–H and O–H groups in total. The van der Waals surface area contributed by atoms with Crippen LogP contribution in [0.5, 0.6) is 0 Å². The minimum atomic E-state index is -0.867. The predicted octanol–water partition coefficient (Wildman–Crippen LogP) is 5.08. The summed E-state index contributed by atoms with van der Waals surface area (Å²) in [5.74, 6) is -2.35. The van der Waals surface area contributed by atoms with Crippen molar-refractivity contribution in [3.8, 4) is 0 Å².